The van der Waals surface area contributed by atoms with E-state index in [4.69, 9.17) is 5.14 Å². The molecule has 0 aliphatic heterocycles. The number of fused-ring (bicyclic) bond motifs is 1. The number of rotatable bonds is 6. The van der Waals surface area contributed by atoms with Crippen LogP contribution in [0.25, 0.3) is 16.8 Å². The van der Waals surface area contributed by atoms with Gasteiger partial charge in [0.25, 0.3) is 0 Å². The lowest BCUT2D eigenvalue weighted by molar-refractivity contribution is 0.598. The van der Waals surface area contributed by atoms with Crippen LogP contribution in [0.15, 0.2) is 64.0 Å². The second kappa shape index (κ2) is 8.21. The maximum absolute atomic E-state index is 12.0. The molecule has 1 heterocycles. The number of anilines is 1. The van der Waals surface area contributed by atoms with E-state index in [1.165, 1.54) is 6.07 Å². The van der Waals surface area contributed by atoms with Crippen molar-refractivity contribution >= 4 is 48.6 Å². The quantitative estimate of drug-likeness (QED) is 0.590. The molecule has 0 unspecified atom stereocenters. The highest BCUT2D eigenvalue weighted by Gasteiger charge is 2.19. The number of aromatic nitrogens is 1. The molecule has 0 fully saturated rings. The van der Waals surface area contributed by atoms with E-state index in [2.05, 4.69) is 26.2 Å². The Bertz CT molecular complexity index is 1100. The first-order chi connectivity index (χ1) is 12.9. The van der Waals surface area contributed by atoms with Crippen LogP contribution < -0.4 is 10.5 Å². The molecule has 0 spiro atoms. The number of hydrogen-bond acceptors (Lipinski definition) is 4. The number of primary sulfonamides is 1. The van der Waals surface area contributed by atoms with Crippen LogP contribution >= 0.6 is 15.9 Å². The number of aryl methyl sites for hydroxylation is 1. The lowest BCUT2D eigenvalue weighted by Crippen LogP contribution is -2.13. The van der Waals surface area contributed by atoms with Crippen LogP contribution in [0.1, 0.15) is 18.2 Å². The van der Waals surface area contributed by atoms with Crippen molar-refractivity contribution in [3.63, 3.8) is 0 Å². The number of nitrogens with one attached hydrogen (secondary N) is 1. The standard InChI is InChI=1S/C20H20BrN3O2S/c1-2-16-15-11-6-12-17(27(22,25)26)18(15)19(21)20(24-16)23-13-7-10-14-8-4-3-5-9-14/h3-12H,2,13H2,1H3,(H,23,24)(H2,22,25,26). The van der Waals surface area contributed by atoms with Gasteiger partial charge in [0.05, 0.1) is 15.1 Å². The summed E-state index contributed by atoms with van der Waals surface area (Å²) in [4.78, 5) is 4.75. The molecule has 3 N–H and O–H groups in total. The van der Waals surface area contributed by atoms with Gasteiger partial charge in [0, 0.05) is 17.3 Å². The zero-order valence-electron chi connectivity index (χ0n) is 14.8. The predicted octanol–water partition coefficient (Wildman–Crippen LogP) is 4.33. The average Bonchev–Trinajstić information content (AvgIpc) is 2.66. The van der Waals surface area contributed by atoms with Gasteiger partial charge in [-0.05, 0) is 34.0 Å². The van der Waals surface area contributed by atoms with Gasteiger partial charge in [0.1, 0.15) is 5.82 Å². The maximum atomic E-state index is 12.0. The first-order valence-electron chi connectivity index (χ1n) is 8.51. The normalized spacial score (nSPS) is 12.0. The van der Waals surface area contributed by atoms with Crippen LogP contribution in [0.4, 0.5) is 5.82 Å². The first kappa shape index (κ1) is 19.5. The zero-order valence-corrected chi connectivity index (χ0v) is 17.2. The summed E-state index contributed by atoms with van der Waals surface area (Å²) in [6, 6.07) is 15.0. The molecule has 1 aromatic heterocycles. The Morgan fingerprint density at radius 3 is 2.56 bits per heavy atom. The first-order valence-corrected chi connectivity index (χ1v) is 10.8. The van der Waals surface area contributed by atoms with Crippen molar-refractivity contribution in [3.8, 4) is 0 Å². The van der Waals surface area contributed by atoms with Gasteiger partial charge < -0.3 is 5.32 Å². The van der Waals surface area contributed by atoms with E-state index in [1.54, 1.807) is 6.07 Å². The minimum Gasteiger partial charge on any atom is -0.366 e. The van der Waals surface area contributed by atoms with Crippen molar-refractivity contribution in [3.05, 3.63) is 70.3 Å². The zero-order chi connectivity index (χ0) is 19.4. The molecule has 7 heteroatoms. The van der Waals surface area contributed by atoms with Gasteiger partial charge in [-0.2, -0.15) is 0 Å². The van der Waals surface area contributed by atoms with Crippen molar-refractivity contribution in [2.75, 3.05) is 11.9 Å². The molecule has 0 aliphatic rings. The summed E-state index contributed by atoms with van der Waals surface area (Å²) in [7, 11) is -3.85. The van der Waals surface area contributed by atoms with Crippen molar-refractivity contribution in [1.29, 1.82) is 0 Å². The topological polar surface area (TPSA) is 85.1 Å². The molecule has 0 amide bonds. The van der Waals surface area contributed by atoms with Gasteiger partial charge in [-0.1, -0.05) is 61.5 Å². The molecule has 5 nitrogen and oxygen atoms in total. The van der Waals surface area contributed by atoms with E-state index in [9.17, 15) is 8.42 Å². The molecule has 0 bridgehead atoms. The summed E-state index contributed by atoms with van der Waals surface area (Å²) in [6.45, 7) is 2.53. The van der Waals surface area contributed by atoms with Crippen molar-refractivity contribution in [2.45, 2.75) is 18.2 Å². The molecule has 0 saturated carbocycles. The molecule has 140 valence electrons. The SMILES string of the molecule is CCc1nc(NCC=Cc2ccccc2)c(Br)c2c(S(N)(=O)=O)cccc12. The summed E-state index contributed by atoms with van der Waals surface area (Å²) in [5, 5.41) is 10.0. The highest BCUT2D eigenvalue weighted by Crippen LogP contribution is 2.35. The second-order valence-electron chi connectivity index (χ2n) is 5.99. The Labute approximate surface area is 167 Å². The highest BCUT2D eigenvalue weighted by molar-refractivity contribution is 9.10. The molecule has 27 heavy (non-hydrogen) atoms. The number of halogens is 1. The van der Waals surface area contributed by atoms with E-state index < -0.39 is 10.0 Å². The van der Waals surface area contributed by atoms with Crippen LogP contribution in [-0.4, -0.2) is 19.9 Å². The van der Waals surface area contributed by atoms with Gasteiger partial charge in [-0.3, -0.25) is 0 Å². The summed E-state index contributed by atoms with van der Waals surface area (Å²) in [5.41, 5.74) is 1.92. The van der Waals surface area contributed by atoms with Crippen LogP contribution in [-0.2, 0) is 16.4 Å². The van der Waals surface area contributed by atoms with Gasteiger partial charge in [0.15, 0.2) is 0 Å². The Morgan fingerprint density at radius 1 is 1.15 bits per heavy atom. The highest BCUT2D eigenvalue weighted by atomic mass is 79.9. The number of nitrogens with two attached hydrogens (primary N) is 1. The molecule has 0 aliphatic carbocycles. The van der Waals surface area contributed by atoms with Crippen LogP contribution in [0.3, 0.4) is 0 Å². The molecule has 0 radical (unpaired) electrons. The number of hydrogen-bond donors (Lipinski definition) is 2. The smallest absolute Gasteiger partial charge is 0.238 e. The Kier molecular flexibility index (Phi) is 5.94. The molecule has 0 atom stereocenters. The lowest BCUT2D eigenvalue weighted by atomic mass is 10.1. The fourth-order valence-corrected chi connectivity index (χ4v) is 4.45. The van der Waals surface area contributed by atoms with Gasteiger partial charge in [0.2, 0.25) is 10.0 Å². The number of sulfonamides is 1. The minimum absolute atomic E-state index is 0.0897. The molecule has 0 saturated heterocycles. The molecular formula is C20H20BrN3O2S. The van der Waals surface area contributed by atoms with Gasteiger partial charge in [-0.25, -0.2) is 18.5 Å². The third kappa shape index (κ3) is 4.37. The predicted molar refractivity (Wildman–Crippen MR) is 114 cm³/mol. The van der Waals surface area contributed by atoms with Crippen molar-refractivity contribution < 1.29 is 8.42 Å². The van der Waals surface area contributed by atoms with Crippen molar-refractivity contribution in [1.82, 2.24) is 4.98 Å². The third-order valence-corrected chi connectivity index (χ3v) is 5.88. The fourth-order valence-electron chi connectivity index (χ4n) is 2.90. The second-order valence-corrected chi connectivity index (χ2v) is 8.32. The minimum atomic E-state index is -3.85. The Morgan fingerprint density at radius 2 is 1.89 bits per heavy atom. The van der Waals surface area contributed by atoms with E-state index in [0.29, 0.717) is 28.6 Å². The fraction of sp³-hybridized carbons (Fsp3) is 0.150. The van der Waals surface area contributed by atoms with E-state index >= 15 is 0 Å². The lowest BCUT2D eigenvalue weighted by Gasteiger charge is -2.14. The summed E-state index contributed by atoms with van der Waals surface area (Å²) in [5.74, 6) is 0.591. The van der Waals surface area contributed by atoms with E-state index in [1.807, 2.05) is 55.5 Å². The Balaban J connectivity index is 1.98. The largest absolute Gasteiger partial charge is 0.366 e. The number of pyridine rings is 1. The van der Waals surface area contributed by atoms with Crippen LogP contribution in [0.2, 0.25) is 0 Å². The summed E-state index contributed by atoms with van der Waals surface area (Å²) < 4.78 is 24.7. The third-order valence-electron chi connectivity index (χ3n) is 4.15. The average molecular weight is 446 g/mol. The van der Waals surface area contributed by atoms with Gasteiger partial charge in [-0.15, -0.1) is 0 Å². The van der Waals surface area contributed by atoms with Crippen LogP contribution in [0.5, 0.6) is 0 Å². The maximum Gasteiger partial charge on any atom is 0.238 e. The molecular weight excluding hydrogens is 426 g/mol. The van der Waals surface area contributed by atoms with E-state index in [0.717, 1.165) is 16.6 Å². The summed E-state index contributed by atoms with van der Waals surface area (Å²) >= 11 is 3.52. The number of benzene rings is 2. The molecule has 3 rings (SSSR count). The monoisotopic (exact) mass is 445 g/mol. The molecule has 3 aromatic rings. The van der Waals surface area contributed by atoms with Gasteiger partial charge >= 0.3 is 0 Å². The number of nitrogens with zero attached hydrogens (tertiary/aromatic N) is 1. The molecule has 2 aromatic carbocycles. The summed E-state index contributed by atoms with van der Waals surface area (Å²) in [6.07, 6.45) is 4.68. The Hall–Kier alpha value is -2.22. The van der Waals surface area contributed by atoms with Crippen LogP contribution in [0, 0.1) is 0 Å². The van der Waals surface area contributed by atoms with Crippen molar-refractivity contribution in [2.24, 2.45) is 5.14 Å². The van der Waals surface area contributed by atoms with E-state index in [-0.39, 0.29) is 4.90 Å².